The number of benzene rings is 1. The van der Waals surface area contributed by atoms with Crippen LogP contribution in [0.5, 0.6) is 0 Å². The van der Waals surface area contributed by atoms with E-state index in [1.807, 2.05) is 52.0 Å². The minimum Gasteiger partial charge on any atom is -0.399 e. The van der Waals surface area contributed by atoms with Crippen molar-refractivity contribution >= 4 is 23.5 Å². The first-order valence-electron chi connectivity index (χ1n) is 9.14. The molecule has 1 atom stereocenters. The van der Waals surface area contributed by atoms with Gasteiger partial charge in [-0.15, -0.1) is 0 Å². The number of allylic oxidation sites excluding steroid dienone is 1. The number of rotatable bonds is 4. The number of aromatic nitrogens is 2. The summed E-state index contributed by atoms with van der Waals surface area (Å²) in [6, 6.07) is 5.93. The van der Waals surface area contributed by atoms with Gasteiger partial charge in [0, 0.05) is 17.2 Å². The van der Waals surface area contributed by atoms with Crippen LogP contribution in [0.4, 0.5) is 11.5 Å². The van der Waals surface area contributed by atoms with E-state index >= 15 is 0 Å². The lowest BCUT2D eigenvalue weighted by molar-refractivity contribution is -0.119. The summed E-state index contributed by atoms with van der Waals surface area (Å²) in [5, 5.41) is 2.97. The van der Waals surface area contributed by atoms with Crippen LogP contribution in [-0.2, 0) is 17.6 Å². The average Bonchev–Trinajstić information content (AvgIpc) is 2.60. The summed E-state index contributed by atoms with van der Waals surface area (Å²) in [6.07, 6.45) is 4.42. The Morgan fingerprint density at radius 2 is 2.08 bits per heavy atom. The van der Waals surface area contributed by atoms with E-state index in [0.717, 1.165) is 47.5 Å². The molecule has 0 radical (unpaired) electrons. The molecular weight excluding hydrogens is 324 g/mol. The van der Waals surface area contributed by atoms with Crippen molar-refractivity contribution in [3.8, 4) is 11.3 Å². The second-order valence-corrected chi connectivity index (χ2v) is 7.19. The number of aryl methyl sites for hydroxylation is 2. The monoisotopic (exact) mass is 350 g/mol. The fourth-order valence-electron chi connectivity index (χ4n) is 3.07. The van der Waals surface area contributed by atoms with Crippen molar-refractivity contribution in [3.63, 3.8) is 0 Å². The largest absolute Gasteiger partial charge is 0.399 e. The minimum absolute atomic E-state index is 0.0193. The van der Waals surface area contributed by atoms with Gasteiger partial charge in [-0.25, -0.2) is 9.97 Å². The molecule has 1 aromatic carbocycles. The highest BCUT2D eigenvalue weighted by Gasteiger charge is 2.22. The Morgan fingerprint density at radius 3 is 2.77 bits per heavy atom. The van der Waals surface area contributed by atoms with Crippen molar-refractivity contribution in [2.24, 2.45) is 5.92 Å². The molecule has 1 aliphatic rings. The molecule has 0 aliphatic heterocycles. The van der Waals surface area contributed by atoms with Crippen LogP contribution in [0.1, 0.15) is 51.1 Å². The van der Waals surface area contributed by atoms with Gasteiger partial charge in [-0.05, 0) is 56.9 Å². The number of nitrogens with one attached hydrogen (secondary N) is 1. The second-order valence-electron chi connectivity index (χ2n) is 7.19. The predicted octanol–water partition coefficient (Wildman–Crippen LogP) is 4.23. The van der Waals surface area contributed by atoms with Crippen molar-refractivity contribution in [2.45, 2.75) is 47.0 Å². The normalized spacial score (nSPS) is 13.4. The Bertz CT molecular complexity index is 882. The number of nitrogens with two attached hydrogens (primary N) is 1. The fraction of sp³-hybridized carbons (Fsp3) is 0.381. The maximum Gasteiger partial charge on any atom is 0.228 e. The van der Waals surface area contributed by atoms with E-state index in [9.17, 15) is 4.79 Å². The molecule has 0 bridgehead atoms. The van der Waals surface area contributed by atoms with Gasteiger partial charge >= 0.3 is 0 Å². The van der Waals surface area contributed by atoms with Gasteiger partial charge in [0.2, 0.25) is 5.91 Å². The lowest BCUT2D eigenvalue weighted by Crippen LogP contribution is -2.22. The number of anilines is 2. The highest BCUT2D eigenvalue weighted by molar-refractivity contribution is 5.93. The van der Waals surface area contributed by atoms with Crippen LogP contribution in [0.15, 0.2) is 23.8 Å². The van der Waals surface area contributed by atoms with Gasteiger partial charge in [-0.3, -0.25) is 4.79 Å². The molecule has 1 aliphatic carbocycles. The summed E-state index contributed by atoms with van der Waals surface area (Å²) in [5.41, 5.74) is 12.6. The topological polar surface area (TPSA) is 80.9 Å². The Balaban J connectivity index is 2.09. The zero-order chi connectivity index (χ0) is 18.8. The molecule has 0 fully saturated rings. The number of amides is 1. The molecule has 1 aromatic heterocycles. The summed E-state index contributed by atoms with van der Waals surface area (Å²) >= 11 is 0. The predicted molar refractivity (Wildman–Crippen MR) is 107 cm³/mol. The second kappa shape index (κ2) is 7.28. The first kappa shape index (κ1) is 18.1. The summed E-state index contributed by atoms with van der Waals surface area (Å²) in [7, 11) is 0. The third-order valence-corrected chi connectivity index (χ3v) is 4.74. The molecule has 3 N–H and O–H groups in total. The molecule has 26 heavy (non-hydrogen) atoms. The Morgan fingerprint density at radius 1 is 1.31 bits per heavy atom. The van der Waals surface area contributed by atoms with Crippen LogP contribution in [0.3, 0.4) is 0 Å². The molecule has 1 amide bonds. The molecule has 5 nitrogen and oxygen atoms in total. The molecule has 136 valence electrons. The molecule has 1 unspecified atom stereocenters. The van der Waals surface area contributed by atoms with E-state index in [1.165, 1.54) is 5.56 Å². The molecule has 5 heteroatoms. The maximum atomic E-state index is 12.4. The Hall–Kier alpha value is -2.69. The molecule has 0 saturated heterocycles. The Kier molecular flexibility index (Phi) is 5.07. The summed E-state index contributed by atoms with van der Waals surface area (Å²) in [4.78, 5) is 22.0. The number of nitrogen functional groups attached to an aromatic ring is 1. The van der Waals surface area contributed by atoms with E-state index in [0.29, 0.717) is 11.5 Å². The molecule has 1 heterocycles. The number of hydrogen-bond acceptors (Lipinski definition) is 4. The number of carbonyl (C=O) groups excluding carboxylic acids is 1. The SMILES string of the molecule is CCC(C)C(=O)Nc1nc2c(nc1C=C(C)C)-c1ccc(N)cc1CC2. The lowest BCUT2D eigenvalue weighted by atomic mass is 9.91. The molecule has 2 aromatic rings. The molecule has 0 saturated carbocycles. The first-order valence-corrected chi connectivity index (χ1v) is 9.14. The van der Waals surface area contributed by atoms with E-state index in [1.54, 1.807) is 0 Å². The van der Waals surface area contributed by atoms with Gasteiger partial charge in [0.05, 0.1) is 11.4 Å². The third kappa shape index (κ3) is 3.62. The van der Waals surface area contributed by atoms with E-state index in [-0.39, 0.29) is 11.8 Å². The number of carbonyl (C=O) groups is 1. The fourth-order valence-corrected chi connectivity index (χ4v) is 3.07. The zero-order valence-electron chi connectivity index (χ0n) is 15.9. The van der Waals surface area contributed by atoms with E-state index in [4.69, 9.17) is 15.7 Å². The molecular formula is C21H26N4O. The van der Waals surface area contributed by atoms with Crippen LogP contribution in [-0.4, -0.2) is 15.9 Å². The van der Waals surface area contributed by atoms with Crippen LogP contribution in [0, 0.1) is 5.92 Å². The van der Waals surface area contributed by atoms with Gasteiger partial charge in [0.15, 0.2) is 5.82 Å². The lowest BCUT2D eigenvalue weighted by Gasteiger charge is -2.21. The zero-order valence-corrected chi connectivity index (χ0v) is 15.9. The highest BCUT2D eigenvalue weighted by atomic mass is 16.1. The molecule has 3 rings (SSSR count). The van der Waals surface area contributed by atoms with Crippen molar-refractivity contribution in [2.75, 3.05) is 11.1 Å². The molecule has 0 spiro atoms. The minimum atomic E-state index is -0.0592. The van der Waals surface area contributed by atoms with Crippen molar-refractivity contribution < 1.29 is 4.79 Å². The van der Waals surface area contributed by atoms with Gasteiger partial charge in [0.1, 0.15) is 5.69 Å². The maximum absolute atomic E-state index is 12.4. The van der Waals surface area contributed by atoms with Crippen molar-refractivity contribution in [3.05, 3.63) is 40.7 Å². The number of fused-ring (bicyclic) bond motifs is 3. The van der Waals surface area contributed by atoms with Crippen molar-refractivity contribution in [1.82, 2.24) is 9.97 Å². The highest BCUT2D eigenvalue weighted by Crippen LogP contribution is 2.34. The quantitative estimate of drug-likeness (QED) is 0.809. The van der Waals surface area contributed by atoms with Gasteiger partial charge < -0.3 is 11.1 Å². The van der Waals surface area contributed by atoms with Gasteiger partial charge in [0.25, 0.3) is 0 Å². The first-order chi connectivity index (χ1) is 12.4. The standard InChI is InChI=1S/C21H26N4O/c1-5-13(4)21(26)25-20-18(10-12(2)3)23-19-16-8-7-15(22)11-14(16)6-9-17(19)24-20/h7-8,10-11,13H,5-6,9,22H2,1-4H3,(H,24,25,26). The summed E-state index contributed by atoms with van der Waals surface area (Å²) in [6.45, 7) is 7.94. The third-order valence-electron chi connectivity index (χ3n) is 4.74. The van der Waals surface area contributed by atoms with Crippen molar-refractivity contribution in [1.29, 1.82) is 0 Å². The van der Waals surface area contributed by atoms with Gasteiger partial charge in [-0.2, -0.15) is 0 Å². The number of nitrogens with zero attached hydrogens (tertiary/aromatic N) is 2. The average molecular weight is 350 g/mol. The number of hydrogen-bond donors (Lipinski definition) is 2. The van der Waals surface area contributed by atoms with Crippen LogP contribution in [0.2, 0.25) is 0 Å². The van der Waals surface area contributed by atoms with E-state index in [2.05, 4.69) is 5.32 Å². The smallest absolute Gasteiger partial charge is 0.228 e. The van der Waals surface area contributed by atoms with E-state index < -0.39 is 0 Å². The summed E-state index contributed by atoms with van der Waals surface area (Å²) in [5.74, 6) is 0.472. The summed E-state index contributed by atoms with van der Waals surface area (Å²) < 4.78 is 0. The van der Waals surface area contributed by atoms with Crippen LogP contribution < -0.4 is 11.1 Å². The van der Waals surface area contributed by atoms with Gasteiger partial charge in [-0.1, -0.05) is 25.5 Å². The van der Waals surface area contributed by atoms with Crippen LogP contribution in [0.25, 0.3) is 17.3 Å². The Labute approximate surface area is 154 Å². The van der Waals surface area contributed by atoms with Crippen LogP contribution >= 0.6 is 0 Å².